The van der Waals surface area contributed by atoms with Crippen molar-refractivity contribution in [2.75, 3.05) is 0 Å². The molecule has 0 radical (unpaired) electrons. The van der Waals surface area contributed by atoms with Gasteiger partial charge in [0.25, 0.3) is 0 Å². The maximum atomic E-state index is 11.1. The Bertz CT molecular complexity index is 637. The standard InChI is InChI=1S/C16H13ClOS/c17-15-5-2-6-16(14(15)10-18)19-13-8-7-11-3-1-4-12(11)9-13/h2,5-10H,1,3-4H2. The van der Waals surface area contributed by atoms with Crippen molar-refractivity contribution in [1.82, 2.24) is 0 Å². The van der Waals surface area contributed by atoms with Gasteiger partial charge in [-0.05, 0) is 54.7 Å². The van der Waals surface area contributed by atoms with E-state index >= 15 is 0 Å². The van der Waals surface area contributed by atoms with Crippen LogP contribution in [0.1, 0.15) is 27.9 Å². The van der Waals surface area contributed by atoms with Crippen LogP contribution in [0.15, 0.2) is 46.2 Å². The molecule has 3 rings (SSSR count). The molecule has 2 aromatic rings. The van der Waals surface area contributed by atoms with E-state index in [0.29, 0.717) is 10.6 Å². The minimum Gasteiger partial charge on any atom is -0.298 e. The van der Waals surface area contributed by atoms with Crippen LogP contribution in [-0.2, 0) is 12.8 Å². The van der Waals surface area contributed by atoms with Gasteiger partial charge in [-0.25, -0.2) is 0 Å². The molecule has 0 unspecified atom stereocenters. The molecule has 0 heterocycles. The molecule has 0 amide bonds. The lowest BCUT2D eigenvalue weighted by Crippen LogP contribution is -1.88. The van der Waals surface area contributed by atoms with Gasteiger partial charge in [0.15, 0.2) is 6.29 Å². The topological polar surface area (TPSA) is 17.1 Å². The SMILES string of the molecule is O=Cc1c(Cl)cccc1Sc1ccc2c(c1)CCC2. The Morgan fingerprint density at radius 2 is 1.95 bits per heavy atom. The van der Waals surface area contributed by atoms with Crippen molar-refractivity contribution >= 4 is 29.6 Å². The molecule has 0 atom stereocenters. The van der Waals surface area contributed by atoms with E-state index in [4.69, 9.17) is 11.6 Å². The Balaban J connectivity index is 1.93. The number of hydrogen-bond donors (Lipinski definition) is 0. The van der Waals surface area contributed by atoms with Crippen molar-refractivity contribution in [2.24, 2.45) is 0 Å². The molecule has 0 N–H and O–H groups in total. The molecule has 1 nitrogen and oxygen atoms in total. The highest BCUT2D eigenvalue weighted by atomic mass is 35.5. The zero-order chi connectivity index (χ0) is 13.2. The first-order valence-corrected chi connectivity index (χ1v) is 7.51. The lowest BCUT2D eigenvalue weighted by atomic mass is 10.1. The van der Waals surface area contributed by atoms with Crippen LogP contribution in [0.3, 0.4) is 0 Å². The second-order valence-electron chi connectivity index (χ2n) is 4.66. The third-order valence-corrected chi connectivity index (χ3v) is 4.82. The number of fused-ring (bicyclic) bond motifs is 1. The van der Waals surface area contributed by atoms with Crippen molar-refractivity contribution in [3.8, 4) is 0 Å². The number of rotatable bonds is 3. The molecule has 0 aromatic heterocycles. The maximum absolute atomic E-state index is 11.1. The fraction of sp³-hybridized carbons (Fsp3) is 0.188. The maximum Gasteiger partial charge on any atom is 0.152 e. The molecule has 19 heavy (non-hydrogen) atoms. The summed E-state index contributed by atoms with van der Waals surface area (Å²) in [6, 6.07) is 12.1. The van der Waals surface area contributed by atoms with Crippen LogP contribution in [0.25, 0.3) is 0 Å². The normalized spacial score (nSPS) is 13.3. The average Bonchev–Trinajstić information content (AvgIpc) is 2.86. The van der Waals surface area contributed by atoms with Gasteiger partial charge in [-0.2, -0.15) is 0 Å². The lowest BCUT2D eigenvalue weighted by Gasteiger charge is -2.07. The quantitative estimate of drug-likeness (QED) is 0.755. The highest BCUT2D eigenvalue weighted by Gasteiger charge is 2.12. The number of aldehydes is 1. The minimum atomic E-state index is 0.515. The van der Waals surface area contributed by atoms with E-state index in [1.807, 2.05) is 12.1 Å². The van der Waals surface area contributed by atoms with Crippen LogP contribution in [0, 0.1) is 0 Å². The molecular weight excluding hydrogens is 276 g/mol. The number of carbonyl (C=O) groups excluding carboxylic acids is 1. The molecule has 0 bridgehead atoms. The van der Waals surface area contributed by atoms with Gasteiger partial charge in [-0.3, -0.25) is 4.79 Å². The van der Waals surface area contributed by atoms with Gasteiger partial charge in [0.1, 0.15) is 0 Å². The first kappa shape index (κ1) is 12.8. The van der Waals surface area contributed by atoms with Crippen molar-refractivity contribution in [2.45, 2.75) is 29.1 Å². The second kappa shape index (κ2) is 5.40. The van der Waals surface area contributed by atoms with Gasteiger partial charge in [0.05, 0.1) is 5.02 Å². The molecule has 0 fully saturated rings. The first-order valence-electron chi connectivity index (χ1n) is 6.31. The summed E-state index contributed by atoms with van der Waals surface area (Å²) in [6.07, 6.45) is 4.44. The predicted molar refractivity (Wildman–Crippen MR) is 79.4 cm³/mol. The largest absolute Gasteiger partial charge is 0.298 e. The summed E-state index contributed by atoms with van der Waals surface area (Å²) in [5.41, 5.74) is 3.49. The fourth-order valence-corrected chi connectivity index (χ4v) is 3.74. The lowest BCUT2D eigenvalue weighted by molar-refractivity contribution is 0.112. The molecule has 2 aromatic carbocycles. The van der Waals surface area contributed by atoms with Crippen LogP contribution in [0.4, 0.5) is 0 Å². The van der Waals surface area contributed by atoms with Gasteiger partial charge in [0.2, 0.25) is 0 Å². The fourth-order valence-electron chi connectivity index (χ4n) is 2.46. The van der Waals surface area contributed by atoms with Crippen LogP contribution < -0.4 is 0 Å². The van der Waals surface area contributed by atoms with Crippen molar-refractivity contribution < 1.29 is 4.79 Å². The summed E-state index contributed by atoms with van der Waals surface area (Å²) < 4.78 is 0. The van der Waals surface area contributed by atoms with Gasteiger partial charge < -0.3 is 0 Å². The van der Waals surface area contributed by atoms with Crippen LogP contribution in [0.2, 0.25) is 5.02 Å². The summed E-state index contributed by atoms with van der Waals surface area (Å²) in [5.74, 6) is 0. The zero-order valence-corrected chi connectivity index (χ0v) is 11.9. The molecule has 0 spiro atoms. The number of hydrogen-bond acceptors (Lipinski definition) is 2. The van der Waals surface area contributed by atoms with Crippen molar-refractivity contribution in [1.29, 1.82) is 0 Å². The molecule has 0 saturated carbocycles. The summed E-state index contributed by atoms with van der Waals surface area (Å²) in [4.78, 5) is 13.2. The van der Waals surface area contributed by atoms with E-state index in [-0.39, 0.29) is 0 Å². The number of carbonyl (C=O) groups is 1. The Kier molecular flexibility index (Phi) is 3.63. The highest BCUT2D eigenvalue weighted by Crippen LogP contribution is 2.35. The molecule has 0 aliphatic heterocycles. The van der Waals surface area contributed by atoms with Gasteiger partial charge >= 0.3 is 0 Å². The third-order valence-electron chi connectivity index (χ3n) is 3.43. The molecule has 1 aliphatic rings. The van der Waals surface area contributed by atoms with E-state index in [9.17, 15) is 4.79 Å². The van der Waals surface area contributed by atoms with E-state index in [1.54, 1.807) is 17.8 Å². The van der Waals surface area contributed by atoms with E-state index in [1.165, 1.54) is 35.3 Å². The van der Waals surface area contributed by atoms with E-state index in [2.05, 4.69) is 18.2 Å². The Morgan fingerprint density at radius 1 is 1.11 bits per heavy atom. The van der Waals surface area contributed by atoms with Crippen LogP contribution >= 0.6 is 23.4 Å². The summed E-state index contributed by atoms with van der Waals surface area (Å²) in [6.45, 7) is 0. The van der Waals surface area contributed by atoms with Gasteiger partial charge in [-0.15, -0.1) is 0 Å². The highest BCUT2D eigenvalue weighted by molar-refractivity contribution is 7.99. The molecule has 1 aliphatic carbocycles. The molecule has 0 saturated heterocycles. The van der Waals surface area contributed by atoms with E-state index in [0.717, 1.165) is 11.2 Å². The number of benzene rings is 2. The number of aryl methyl sites for hydroxylation is 2. The zero-order valence-electron chi connectivity index (χ0n) is 10.4. The molecule has 96 valence electrons. The molecule has 3 heteroatoms. The predicted octanol–water partition coefficient (Wildman–Crippen LogP) is 4.79. The third kappa shape index (κ3) is 2.56. The average molecular weight is 289 g/mol. The number of halogens is 1. The Morgan fingerprint density at radius 3 is 2.79 bits per heavy atom. The van der Waals surface area contributed by atoms with Crippen LogP contribution in [-0.4, -0.2) is 6.29 Å². The Hall–Kier alpha value is -1.25. The van der Waals surface area contributed by atoms with E-state index < -0.39 is 0 Å². The monoisotopic (exact) mass is 288 g/mol. The van der Waals surface area contributed by atoms with Gasteiger partial charge in [-0.1, -0.05) is 35.5 Å². The molecular formula is C16H13ClOS. The van der Waals surface area contributed by atoms with Gasteiger partial charge in [0, 0.05) is 15.4 Å². The summed E-state index contributed by atoms with van der Waals surface area (Å²) in [5, 5.41) is 0.515. The van der Waals surface area contributed by atoms with Crippen molar-refractivity contribution in [3.05, 3.63) is 58.1 Å². The second-order valence-corrected chi connectivity index (χ2v) is 6.18. The minimum absolute atomic E-state index is 0.515. The first-order chi connectivity index (χ1) is 9.28. The summed E-state index contributed by atoms with van der Waals surface area (Å²) in [7, 11) is 0. The Labute approximate surface area is 122 Å². The van der Waals surface area contributed by atoms with Crippen LogP contribution in [0.5, 0.6) is 0 Å². The smallest absolute Gasteiger partial charge is 0.152 e. The summed E-state index contributed by atoms with van der Waals surface area (Å²) >= 11 is 7.65. The van der Waals surface area contributed by atoms with Crippen molar-refractivity contribution in [3.63, 3.8) is 0 Å².